The van der Waals surface area contributed by atoms with E-state index < -0.39 is 0 Å². The van der Waals surface area contributed by atoms with Gasteiger partial charge in [-0.1, -0.05) is 6.04 Å². The fourth-order valence-corrected chi connectivity index (χ4v) is 1.11. The lowest BCUT2D eigenvalue weighted by Crippen LogP contribution is -2.24. The highest BCUT2D eigenvalue weighted by atomic mass is 28.1. The third-order valence-corrected chi connectivity index (χ3v) is 1.68. The molecule has 0 N–H and O–H groups in total. The zero-order chi connectivity index (χ0) is 8.85. The summed E-state index contributed by atoms with van der Waals surface area (Å²) in [5.41, 5.74) is 0. The topological polar surface area (TPSA) is 6.48 Å². The number of rotatable bonds is 4. The Balaban J connectivity index is 4.09. The molecule has 0 bridgehead atoms. The average molecular weight is 169 g/mol. The van der Waals surface area contributed by atoms with E-state index in [4.69, 9.17) is 0 Å². The summed E-state index contributed by atoms with van der Waals surface area (Å²) < 4.78 is 0. The molecule has 0 heterocycles. The third-order valence-electron chi connectivity index (χ3n) is 1.39. The van der Waals surface area contributed by atoms with Gasteiger partial charge >= 0.3 is 0 Å². The Labute approximate surface area is 73.3 Å². The highest BCUT2D eigenvalue weighted by molar-refractivity contribution is 6.08. The molecule has 0 aliphatic rings. The summed E-state index contributed by atoms with van der Waals surface area (Å²) in [6.45, 7) is 0. The molecule has 0 aromatic heterocycles. The van der Waals surface area contributed by atoms with Gasteiger partial charge < -0.3 is 9.80 Å². The molecule has 0 unspecified atom stereocenters. The quantitative estimate of drug-likeness (QED) is 0.578. The minimum atomic E-state index is 1.02. The molecule has 0 spiro atoms. The SMILES string of the molecule is CN(C)C(=CCC[Si])N(C)C. The van der Waals surface area contributed by atoms with Crippen LogP contribution in [0, 0.1) is 0 Å². The van der Waals surface area contributed by atoms with Crippen LogP contribution < -0.4 is 0 Å². The first-order valence-corrected chi connectivity index (χ1v) is 4.49. The summed E-state index contributed by atoms with van der Waals surface area (Å²) in [5.74, 6) is 1.25. The van der Waals surface area contributed by atoms with Crippen molar-refractivity contribution in [1.29, 1.82) is 0 Å². The van der Waals surface area contributed by atoms with Gasteiger partial charge in [-0.25, -0.2) is 0 Å². The molecule has 63 valence electrons. The number of nitrogens with zero attached hydrogens (tertiary/aromatic N) is 2. The first-order chi connectivity index (χ1) is 5.09. The first-order valence-electron chi connectivity index (χ1n) is 3.79. The molecular weight excluding hydrogens is 152 g/mol. The van der Waals surface area contributed by atoms with Gasteiger partial charge in [-0.3, -0.25) is 0 Å². The summed E-state index contributed by atoms with van der Waals surface area (Å²) in [4.78, 5) is 4.23. The number of allylic oxidation sites excluding steroid dienone is 1. The Morgan fingerprint density at radius 3 is 1.91 bits per heavy atom. The molecule has 3 radical (unpaired) electrons. The Morgan fingerprint density at radius 2 is 1.64 bits per heavy atom. The molecule has 11 heavy (non-hydrogen) atoms. The van der Waals surface area contributed by atoms with Crippen molar-refractivity contribution < 1.29 is 0 Å². The van der Waals surface area contributed by atoms with Crippen molar-refractivity contribution >= 4 is 10.2 Å². The summed E-state index contributed by atoms with van der Waals surface area (Å²) >= 11 is 0. The zero-order valence-corrected chi connectivity index (χ0v) is 8.89. The Hall–Kier alpha value is -0.443. The van der Waals surface area contributed by atoms with Crippen LogP contribution in [-0.2, 0) is 0 Å². The Bertz CT molecular complexity index is 120. The van der Waals surface area contributed by atoms with Crippen LogP contribution in [-0.4, -0.2) is 48.2 Å². The maximum atomic E-state index is 3.44. The molecular formula is C8H17N2Si. The fraction of sp³-hybridized carbons (Fsp3) is 0.750. The molecule has 0 aliphatic carbocycles. The number of hydrogen-bond acceptors (Lipinski definition) is 2. The van der Waals surface area contributed by atoms with Crippen molar-refractivity contribution in [3.63, 3.8) is 0 Å². The highest BCUT2D eigenvalue weighted by Crippen LogP contribution is 2.03. The zero-order valence-electron chi connectivity index (χ0n) is 7.89. The van der Waals surface area contributed by atoms with Crippen molar-refractivity contribution in [3.05, 3.63) is 11.9 Å². The molecule has 0 amide bonds. The maximum absolute atomic E-state index is 3.44. The second-order valence-corrected chi connectivity index (χ2v) is 3.39. The first kappa shape index (κ1) is 10.6. The van der Waals surface area contributed by atoms with Gasteiger partial charge in [0.25, 0.3) is 0 Å². The Morgan fingerprint density at radius 1 is 1.18 bits per heavy atom. The van der Waals surface area contributed by atoms with Crippen LogP contribution in [0.4, 0.5) is 0 Å². The van der Waals surface area contributed by atoms with Gasteiger partial charge in [0.2, 0.25) is 0 Å². The molecule has 0 atom stereocenters. The summed E-state index contributed by atoms with van der Waals surface area (Å²) in [6, 6.07) is 1.02. The van der Waals surface area contributed by atoms with E-state index >= 15 is 0 Å². The lowest BCUT2D eigenvalue weighted by molar-refractivity contribution is 0.340. The molecule has 0 aliphatic heterocycles. The van der Waals surface area contributed by atoms with Gasteiger partial charge in [0.1, 0.15) is 0 Å². The molecule has 3 heteroatoms. The van der Waals surface area contributed by atoms with Gasteiger partial charge in [0.15, 0.2) is 0 Å². The highest BCUT2D eigenvalue weighted by Gasteiger charge is 1.99. The molecule has 0 saturated carbocycles. The van der Waals surface area contributed by atoms with E-state index in [2.05, 4.69) is 54.3 Å². The molecule has 0 rings (SSSR count). The van der Waals surface area contributed by atoms with Crippen LogP contribution in [0.15, 0.2) is 11.9 Å². The summed E-state index contributed by atoms with van der Waals surface area (Å²) in [7, 11) is 11.7. The van der Waals surface area contributed by atoms with E-state index in [1.165, 1.54) is 5.82 Å². The van der Waals surface area contributed by atoms with E-state index in [1.807, 2.05) is 0 Å². The number of hydrogen-bond donors (Lipinski definition) is 0. The average Bonchev–Trinajstić information content (AvgIpc) is 1.87. The predicted octanol–water partition coefficient (Wildman–Crippen LogP) is 0.928. The third kappa shape index (κ3) is 4.09. The predicted molar refractivity (Wildman–Crippen MR) is 50.6 cm³/mol. The van der Waals surface area contributed by atoms with Crippen LogP contribution in [0.1, 0.15) is 6.42 Å². The van der Waals surface area contributed by atoms with Crippen LogP contribution >= 0.6 is 0 Å². The molecule has 0 aromatic rings. The van der Waals surface area contributed by atoms with Crippen LogP contribution in [0.5, 0.6) is 0 Å². The van der Waals surface area contributed by atoms with E-state index in [0.717, 1.165) is 12.5 Å². The Kier molecular flexibility index (Phi) is 5.03. The van der Waals surface area contributed by atoms with E-state index in [1.54, 1.807) is 0 Å². The van der Waals surface area contributed by atoms with Gasteiger partial charge in [-0.15, -0.1) is 0 Å². The second kappa shape index (κ2) is 5.24. The monoisotopic (exact) mass is 169 g/mol. The van der Waals surface area contributed by atoms with Crippen LogP contribution in [0.3, 0.4) is 0 Å². The van der Waals surface area contributed by atoms with Gasteiger partial charge in [-0.05, 0) is 12.5 Å². The molecule has 0 aromatic carbocycles. The lowest BCUT2D eigenvalue weighted by Gasteiger charge is -2.24. The van der Waals surface area contributed by atoms with E-state index in [9.17, 15) is 0 Å². The summed E-state index contributed by atoms with van der Waals surface area (Å²) in [6.07, 6.45) is 3.29. The van der Waals surface area contributed by atoms with Crippen molar-refractivity contribution in [1.82, 2.24) is 9.80 Å². The molecule has 2 nitrogen and oxygen atoms in total. The fourth-order valence-electron chi connectivity index (χ4n) is 0.966. The maximum Gasteiger partial charge on any atom is 0.0987 e. The minimum Gasteiger partial charge on any atom is -0.365 e. The minimum absolute atomic E-state index is 1.02. The van der Waals surface area contributed by atoms with Gasteiger partial charge in [0.05, 0.1) is 5.82 Å². The van der Waals surface area contributed by atoms with Crippen LogP contribution in [0.25, 0.3) is 0 Å². The molecule has 0 fully saturated rings. The van der Waals surface area contributed by atoms with E-state index in [-0.39, 0.29) is 0 Å². The van der Waals surface area contributed by atoms with Crippen molar-refractivity contribution in [2.75, 3.05) is 28.2 Å². The largest absolute Gasteiger partial charge is 0.365 e. The van der Waals surface area contributed by atoms with Crippen molar-refractivity contribution in [2.45, 2.75) is 12.5 Å². The summed E-state index contributed by atoms with van der Waals surface area (Å²) in [5, 5.41) is 0. The van der Waals surface area contributed by atoms with Crippen molar-refractivity contribution in [3.8, 4) is 0 Å². The normalized spacial score (nSPS) is 9.18. The standard InChI is InChI=1S/C8H17N2Si/c1-9(2)8(10(3)4)6-5-7-11/h6H,5,7H2,1-4H3. The second-order valence-electron chi connectivity index (χ2n) is 2.89. The van der Waals surface area contributed by atoms with Gasteiger partial charge in [-0.2, -0.15) is 0 Å². The smallest absolute Gasteiger partial charge is 0.0987 e. The van der Waals surface area contributed by atoms with Gasteiger partial charge in [0, 0.05) is 38.4 Å². The lowest BCUT2D eigenvalue weighted by atomic mass is 10.4. The molecule has 0 saturated heterocycles. The van der Waals surface area contributed by atoms with E-state index in [0.29, 0.717) is 0 Å². The van der Waals surface area contributed by atoms with Crippen LogP contribution in [0.2, 0.25) is 6.04 Å². The van der Waals surface area contributed by atoms with Crippen molar-refractivity contribution in [2.24, 2.45) is 0 Å².